The number of nitrogens with one attached hydrogen (secondary N) is 1. The SMILES string of the molecule is COc1ccc(C(=O)OCC(=O)N[C@H](C)C2CC2)cc1F. The van der Waals surface area contributed by atoms with Gasteiger partial charge in [0.05, 0.1) is 12.7 Å². The molecule has 0 bridgehead atoms. The van der Waals surface area contributed by atoms with Crippen LogP contribution in [0.15, 0.2) is 18.2 Å². The first-order valence-electron chi connectivity index (χ1n) is 6.81. The first kappa shape index (κ1) is 15.3. The predicted molar refractivity (Wildman–Crippen MR) is 73.6 cm³/mol. The van der Waals surface area contributed by atoms with Gasteiger partial charge in [-0.3, -0.25) is 4.79 Å². The predicted octanol–water partition coefficient (Wildman–Crippen LogP) is 1.91. The Morgan fingerprint density at radius 2 is 2.14 bits per heavy atom. The molecule has 0 radical (unpaired) electrons. The molecule has 5 nitrogen and oxygen atoms in total. The molecule has 1 aliphatic carbocycles. The van der Waals surface area contributed by atoms with Crippen LogP contribution in [0, 0.1) is 11.7 Å². The van der Waals surface area contributed by atoms with E-state index in [1.54, 1.807) is 0 Å². The van der Waals surface area contributed by atoms with Crippen LogP contribution in [-0.2, 0) is 9.53 Å². The number of halogens is 1. The Morgan fingerprint density at radius 1 is 1.43 bits per heavy atom. The van der Waals surface area contributed by atoms with Crippen LogP contribution in [-0.4, -0.2) is 31.6 Å². The van der Waals surface area contributed by atoms with Gasteiger partial charge in [0.2, 0.25) is 0 Å². The van der Waals surface area contributed by atoms with Gasteiger partial charge < -0.3 is 14.8 Å². The number of benzene rings is 1. The minimum atomic E-state index is -0.745. The Hall–Kier alpha value is -2.11. The van der Waals surface area contributed by atoms with Gasteiger partial charge in [-0.05, 0) is 43.9 Å². The van der Waals surface area contributed by atoms with Gasteiger partial charge in [-0.1, -0.05) is 0 Å². The second-order valence-corrected chi connectivity index (χ2v) is 5.12. The molecule has 1 saturated carbocycles. The van der Waals surface area contributed by atoms with Crippen molar-refractivity contribution in [2.24, 2.45) is 5.92 Å². The van der Waals surface area contributed by atoms with Crippen molar-refractivity contribution in [2.45, 2.75) is 25.8 Å². The van der Waals surface area contributed by atoms with Gasteiger partial charge in [0.15, 0.2) is 18.2 Å². The molecule has 1 atom stereocenters. The maximum Gasteiger partial charge on any atom is 0.338 e. The third-order valence-corrected chi connectivity index (χ3v) is 3.44. The number of hydrogen-bond acceptors (Lipinski definition) is 4. The van der Waals surface area contributed by atoms with Crippen LogP contribution in [0.1, 0.15) is 30.1 Å². The van der Waals surface area contributed by atoms with E-state index in [1.807, 2.05) is 6.92 Å². The molecule has 21 heavy (non-hydrogen) atoms. The zero-order valence-electron chi connectivity index (χ0n) is 12.0. The number of carbonyl (C=O) groups excluding carboxylic acids is 2. The molecule has 0 aliphatic heterocycles. The second-order valence-electron chi connectivity index (χ2n) is 5.12. The fourth-order valence-corrected chi connectivity index (χ4v) is 2.02. The summed E-state index contributed by atoms with van der Waals surface area (Å²) in [6.07, 6.45) is 2.23. The number of hydrogen-bond donors (Lipinski definition) is 1. The third-order valence-electron chi connectivity index (χ3n) is 3.44. The fraction of sp³-hybridized carbons (Fsp3) is 0.467. The molecule has 1 amide bonds. The summed E-state index contributed by atoms with van der Waals surface area (Å²) in [7, 11) is 1.34. The van der Waals surface area contributed by atoms with Crippen LogP contribution < -0.4 is 10.1 Å². The van der Waals surface area contributed by atoms with Crippen molar-refractivity contribution >= 4 is 11.9 Å². The average molecular weight is 295 g/mol. The van der Waals surface area contributed by atoms with Crippen LogP contribution in [0.4, 0.5) is 4.39 Å². The molecule has 2 rings (SSSR count). The lowest BCUT2D eigenvalue weighted by atomic mass is 10.2. The Balaban J connectivity index is 1.83. The second kappa shape index (κ2) is 6.56. The van der Waals surface area contributed by atoms with E-state index in [4.69, 9.17) is 9.47 Å². The van der Waals surface area contributed by atoms with E-state index < -0.39 is 11.8 Å². The van der Waals surface area contributed by atoms with Crippen molar-refractivity contribution in [3.63, 3.8) is 0 Å². The molecule has 1 aromatic rings. The maximum atomic E-state index is 13.5. The van der Waals surface area contributed by atoms with Crippen molar-refractivity contribution in [2.75, 3.05) is 13.7 Å². The molecule has 114 valence electrons. The first-order chi connectivity index (χ1) is 10.0. The Morgan fingerprint density at radius 3 is 2.71 bits per heavy atom. The van der Waals surface area contributed by atoms with E-state index >= 15 is 0 Å². The molecule has 1 aliphatic rings. The summed E-state index contributed by atoms with van der Waals surface area (Å²) in [5, 5.41) is 2.77. The van der Waals surface area contributed by atoms with Crippen LogP contribution in [0.25, 0.3) is 0 Å². The number of carbonyl (C=O) groups is 2. The summed E-state index contributed by atoms with van der Waals surface area (Å²) in [5.41, 5.74) is 0.0383. The molecule has 0 saturated heterocycles. The van der Waals surface area contributed by atoms with Gasteiger partial charge in [-0.25, -0.2) is 9.18 Å². The van der Waals surface area contributed by atoms with Crippen molar-refractivity contribution in [1.82, 2.24) is 5.32 Å². The van der Waals surface area contributed by atoms with Gasteiger partial charge in [0.25, 0.3) is 5.91 Å². The molecular formula is C15H18FNO4. The summed E-state index contributed by atoms with van der Waals surface area (Å²) in [6, 6.07) is 3.83. The van der Waals surface area contributed by atoms with Crippen LogP contribution in [0.2, 0.25) is 0 Å². The molecule has 0 spiro atoms. The minimum Gasteiger partial charge on any atom is -0.494 e. The number of esters is 1. The van der Waals surface area contributed by atoms with Crippen molar-refractivity contribution in [3.8, 4) is 5.75 Å². The fourth-order valence-electron chi connectivity index (χ4n) is 2.02. The molecule has 6 heteroatoms. The number of amides is 1. The summed E-state index contributed by atoms with van der Waals surface area (Å²) in [6.45, 7) is 1.56. The quantitative estimate of drug-likeness (QED) is 0.814. The summed E-state index contributed by atoms with van der Waals surface area (Å²) in [5.74, 6) is -1.18. The van der Waals surface area contributed by atoms with Crippen LogP contribution in [0.3, 0.4) is 0 Å². The van der Waals surface area contributed by atoms with Crippen molar-refractivity contribution in [1.29, 1.82) is 0 Å². The Labute approximate surface area is 122 Å². The normalized spacial score (nSPS) is 15.2. The summed E-state index contributed by atoms with van der Waals surface area (Å²) < 4.78 is 23.1. The highest BCUT2D eigenvalue weighted by Gasteiger charge is 2.29. The third kappa shape index (κ3) is 4.18. The molecule has 1 N–H and O–H groups in total. The van der Waals surface area contributed by atoms with E-state index in [2.05, 4.69) is 5.32 Å². The average Bonchev–Trinajstić information content (AvgIpc) is 3.29. The molecule has 0 heterocycles. The zero-order chi connectivity index (χ0) is 15.4. The van der Waals surface area contributed by atoms with Gasteiger partial charge in [-0.2, -0.15) is 0 Å². The highest BCUT2D eigenvalue weighted by atomic mass is 19.1. The first-order valence-corrected chi connectivity index (χ1v) is 6.81. The van der Waals surface area contributed by atoms with E-state index in [9.17, 15) is 14.0 Å². The summed E-state index contributed by atoms with van der Waals surface area (Å²) >= 11 is 0. The van der Waals surface area contributed by atoms with Gasteiger partial charge in [0.1, 0.15) is 0 Å². The van der Waals surface area contributed by atoms with E-state index in [1.165, 1.54) is 19.2 Å². The lowest BCUT2D eigenvalue weighted by Crippen LogP contribution is -2.37. The van der Waals surface area contributed by atoms with Crippen LogP contribution in [0.5, 0.6) is 5.75 Å². The Bertz CT molecular complexity index is 542. The van der Waals surface area contributed by atoms with Crippen LogP contribution >= 0.6 is 0 Å². The zero-order valence-corrected chi connectivity index (χ0v) is 12.0. The number of rotatable bonds is 6. The lowest BCUT2D eigenvalue weighted by molar-refractivity contribution is -0.124. The maximum absolute atomic E-state index is 13.5. The van der Waals surface area contributed by atoms with Gasteiger partial charge in [0, 0.05) is 6.04 Å². The van der Waals surface area contributed by atoms with E-state index in [-0.39, 0.29) is 29.9 Å². The van der Waals surface area contributed by atoms with Crippen molar-refractivity contribution < 1.29 is 23.5 Å². The largest absolute Gasteiger partial charge is 0.494 e. The molecule has 1 aromatic carbocycles. The molecule has 0 aromatic heterocycles. The number of methoxy groups -OCH3 is 1. The molecule has 1 fully saturated rings. The van der Waals surface area contributed by atoms with Crippen molar-refractivity contribution in [3.05, 3.63) is 29.6 Å². The number of ether oxygens (including phenoxy) is 2. The topological polar surface area (TPSA) is 64.6 Å². The lowest BCUT2D eigenvalue weighted by Gasteiger charge is -2.12. The minimum absolute atomic E-state index is 0.0383. The highest BCUT2D eigenvalue weighted by molar-refractivity contribution is 5.91. The highest BCUT2D eigenvalue weighted by Crippen LogP contribution is 2.32. The Kier molecular flexibility index (Phi) is 4.77. The van der Waals surface area contributed by atoms with E-state index in [0.29, 0.717) is 5.92 Å². The molecular weight excluding hydrogens is 277 g/mol. The molecule has 0 unspecified atom stereocenters. The van der Waals surface area contributed by atoms with Gasteiger partial charge >= 0.3 is 5.97 Å². The standard InChI is InChI=1S/C15H18FNO4/c1-9(10-3-4-10)17-14(18)8-21-15(19)11-5-6-13(20-2)12(16)7-11/h5-7,9-10H,3-4,8H2,1-2H3,(H,17,18)/t9-/m1/s1. The van der Waals surface area contributed by atoms with Gasteiger partial charge in [-0.15, -0.1) is 0 Å². The monoisotopic (exact) mass is 295 g/mol. The smallest absolute Gasteiger partial charge is 0.338 e. The van der Waals surface area contributed by atoms with E-state index in [0.717, 1.165) is 18.9 Å². The summed E-state index contributed by atoms with van der Waals surface area (Å²) in [4.78, 5) is 23.3.